The van der Waals surface area contributed by atoms with E-state index in [1.165, 1.54) is 0 Å². The van der Waals surface area contributed by atoms with Gasteiger partial charge in [0.25, 0.3) is 5.91 Å². The number of rotatable bonds is 5. The first kappa shape index (κ1) is 17.9. The maximum Gasteiger partial charge on any atom is 0.272 e. The minimum absolute atomic E-state index is 0.0550. The summed E-state index contributed by atoms with van der Waals surface area (Å²) in [7, 11) is 0. The Morgan fingerprint density at radius 2 is 1.92 bits per heavy atom. The number of benzene rings is 2. The standard InChI is InChI=1S/C21H24N2O3/c1-5-23-18-9-8-15(26-6-2)12-16(18)14(4)20(23)21(25)22-17-11-13(3)7-10-19(17)24/h7-12,24H,5-6H2,1-4H3,(H,22,25). The molecule has 0 atom stereocenters. The molecule has 1 heterocycles. The van der Waals surface area contributed by atoms with Gasteiger partial charge >= 0.3 is 0 Å². The molecule has 0 saturated heterocycles. The lowest BCUT2D eigenvalue weighted by molar-refractivity contribution is 0.101. The van der Waals surface area contributed by atoms with Crippen molar-refractivity contribution in [2.24, 2.45) is 0 Å². The molecule has 1 amide bonds. The summed E-state index contributed by atoms with van der Waals surface area (Å²) in [6.45, 7) is 9.07. The van der Waals surface area contributed by atoms with Gasteiger partial charge in [-0.15, -0.1) is 0 Å². The van der Waals surface area contributed by atoms with E-state index >= 15 is 0 Å². The van der Waals surface area contributed by atoms with E-state index in [4.69, 9.17) is 4.74 Å². The van der Waals surface area contributed by atoms with Crippen LogP contribution in [0, 0.1) is 13.8 Å². The summed E-state index contributed by atoms with van der Waals surface area (Å²) in [6.07, 6.45) is 0. The number of aromatic nitrogens is 1. The minimum atomic E-state index is -0.237. The van der Waals surface area contributed by atoms with Gasteiger partial charge in [0.15, 0.2) is 0 Å². The predicted octanol–water partition coefficient (Wildman–Crippen LogP) is 4.63. The molecule has 2 aromatic carbocycles. The van der Waals surface area contributed by atoms with Crippen molar-refractivity contribution in [2.45, 2.75) is 34.2 Å². The molecule has 3 rings (SSSR count). The van der Waals surface area contributed by atoms with E-state index in [0.717, 1.165) is 27.8 Å². The molecule has 0 spiro atoms. The second kappa shape index (κ2) is 7.12. The molecular formula is C21H24N2O3. The maximum absolute atomic E-state index is 13.0. The van der Waals surface area contributed by atoms with Crippen molar-refractivity contribution >= 4 is 22.5 Å². The van der Waals surface area contributed by atoms with Crippen molar-refractivity contribution in [3.8, 4) is 11.5 Å². The topological polar surface area (TPSA) is 63.5 Å². The largest absolute Gasteiger partial charge is 0.506 e. The molecule has 0 aliphatic heterocycles. The fourth-order valence-corrected chi connectivity index (χ4v) is 3.31. The molecule has 5 heteroatoms. The van der Waals surface area contributed by atoms with Gasteiger partial charge in [-0.05, 0) is 69.2 Å². The van der Waals surface area contributed by atoms with Gasteiger partial charge in [0, 0.05) is 17.4 Å². The molecule has 2 N–H and O–H groups in total. The number of fused-ring (bicyclic) bond motifs is 1. The number of ether oxygens (including phenoxy) is 1. The number of anilines is 1. The second-order valence-electron chi connectivity index (χ2n) is 6.30. The number of nitrogens with one attached hydrogen (secondary N) is 1. The number of hydrogen-bond acceptors (Lipinski definition) is 3. The van der Waals surface area contributed by atoms with Crippen molar-refractivity contribution in [1.82, 2.24) is 4.57 Å². The molecule has 5 nitrogen and oxygen atoms in total. The summed E-state index contributed by atoms with van der Waals surface area (Å²) in [5.74, 6) is 0.610. The summed E-state index contributed by atoms with van der Waals surface area (Å²) < 4.78 is 7.58. The minimum Gasteiger partial charge on any atom is -0.506 e. The van der Waals surface area contributed by atoms with Crippen LogP contribution in [-0.2, 0) is 6.54 Å². The van der Waals surface area contributed by atoms with Crippen LogP contribution in [0.3, 0.4) is 0 Å². The molecule has 0 radical (unpaired) electrons. The lowest BCUT2D eigenvalue weighted by Crippen LogP contribution is -2.18. The maximum atomic E-state index is 13.0. The van der Waals surface area contributed by atoms with Gasteiger partial charge in [0.2, 0.25) is 0 Å². The third kappa shape index (κ3) is 3.12. The fourth-order valence-electron chi connectivity index (χ4n) is 3.31. The highest BCUT2D eigenvalue weighted by Crippen LogP contribution is 2.31. The molecule has 0 aliphatic rings. The lowest BCUT2D eigenvalue weighted by Gasteiger charge is -2.11. The van der Waals surface area contributed by atoms with E-state index in [9.17, 15) is 9.90 Å². The fraction of sp³-hybridized carbons (Fsp3) is 0.286. The SMILES string of the molecule is CCOc1ccc2c(c1)c(C)c(C(=O)Nc1cc(C)ccc1O)n2CC. The van der Waals surface area contributed by atoms with Crippen LogP contribution in [0.1, 0.15) is 35.5 Å². The Labute approximate surface area is 153 Å². The monoisotopic (exact) mass is 352 g/mol. The van der Waals surface area contributed by atoms with Crippen molar-refractivity contribution < 1.29 is 14.6 Å². The first-order chi connectivity index (χ1) is 12.5. The molecule has 0 aliphatic carbocycles. The first-order valence-electron chi connectivity index (χ1n) is 8.82. The van der Waals surface area contributed by atoms with E-state index < -0.39 is 0 Å². The Kier molecular flexibility index (Phi) is 4.89. The summed E-state index contributed by atoms with van der Waals surface area (Å²) >= 11 is 0. The van der Waals surface area contributed by atoms with Crippen molar-refractivity contribution in [3.63, 3.8) is 0 Å². The zero-order valence-electron chi connectivity index (χ0n) is 15.6. The first-order valence-corrected chi connectivity index (χ1v) is 8.82. The van der Waals surface area contributed by atoms with Gasteiger partial charge in [-0.2, -0.15) is 0 Å². The Morgan fingerprint density at radius 1 is 1.15 bits per heavy atom. The molecule has 136 valence electrons. The van der Waals surface area contributed by atoms with E-state index in [1.54, 1.807) is 18.2 Å². The Hall–Kier alpha value is -2.95. The number of phenolic OH excluding ortho intramolecular Hbond substituents is 1. The summed E-state index contributed by atoms with van der Waals surface area (Å²) in [5, 5.41) is 13.9. The molecule has 0 bridgehead atoms. The molecule has 1 aromatic heterocycles. The molecule has 3 aromatic rings. The van der Waals surface area contributed by atoms with E-state index in [1.807, 2.05) is 50.5 Å². The summed E-state index contributed by atoms with van der Waals surface area (Å²) in [5.41, 5.74) is 3.86. The number of phenols is 1. The number of carbonyl (C=O) groups excluding carboxylic acids is 1. The average Bonchev–Trinajstić information content (AvgIpc) is 2.90. The highest BCUT2D eigenvalue weighted by atomic mass is 16.5. The van der Waals surface area contributed by atoms with Gasteiger partial charge in [0.05, 0.1) is 12.3 Å². The lowest BCUT2D eigenvalue weighted by atomic mass is 10.1. The van der Waals surface area contributed by atoms with Crippen LogP contribution in [0.25, 0.3) is 10.9 Å². The smallest absolute Gasteiger partial charge is 0.272 e. The van der Waals surface area contributed by atoms with Crippen molar-refractivity contribution in [3.05, 3.63) is 53.2 Å². The Bertz CT molecular complexity index is 973. The second-order valence-corrected chi connectivity index (χ2v) is 6.30. The van der Waals surface area contributed by atoms with Crippen LogP contribution in [0.4, 0.5) is 5.69 Å². The Morgan fingerprint density at radius 3 is 2.62 bits per heavy atom. The van der Waals surface area contributed by atoms with Crippen LogP contribution in [0.5, 0.6) is 11.5 Å². The summed E-state index contributed by atoms with van der Waals surface area (Å²) in [6, 6.07) is 11.0. The van der Waals surface area contributed by atoms with Crippen molar-refractivity contribution in [1.29, 1.82) is 0 Å². The van der Waals surface area contributed by atoms with E-state index in [2.05, 4.69) is 5.32 Å². The van der Waals surface area contributed by atoms with Gasteiger partial charge < -0.3 is 19.7 Å². The molecule has 0 unspecified atom stereocenters. The highest BCUT2D eigenvalue weighted by Gasteiger charge is 2.21. The number of hydrogen-bond donors (Lipinski definition) is 2. The van der Waals surface area contributed by atoms with Crippen LogP contribution in [0.15, 0.2) is 36.4 Å². The van der Waals surface area contributed by atoms with Gasteiger partial charge in [-0.25, -0.2) is 0 Å². The van der Waals surface area contributed by atoms with E-state index in [0.29, 0.717) is 24.5 Å². The normalized spacial score (nSPS) is 10.9. The number of carbonyl (C=O) groups is 1. The third-order valence-corrected chi connectivity index (χ3v) is 4.53. The third-order valence-electron chi connectivity index (χ3n) is 4.53. The predicted molar refractivity (Wildman–Crippen MR) is 104 cm³/mol. The Balaban J connectivity index is 2.07. The number of amides is 1. The quantitative estimate of drug-likeness (QED) is 0.658. The molecule has 0 fully saturated rings. The molecular weight excluding hydrogens is 328 g/mol. The van der Waals surface area contributed by atoms with Gasteiger partial charge in [0.1, 0.15) is 17.2 Å². The average molecular weight is 352 g/mol. The summed E-state index contributed by atoms with van der Waals surface area (Å²) in [4.78, 5) is 13.0. The number of aryl methyl sites for hydroxylation is 3. The zero-order valence-corrected chi connectivity index (χ0v) is 15.6. The highest BCUT2D eigenvalue weighted by molar-refractivity contribution is 6.09. The van der Waals surface area contributed by atoms with Crippen LogP contribution in [0.2, 0.25) is 0 Å². The molecule has 26 heavy (non-hydrogen) atoms. The molecule has 0 saturated carbocycles. The van der Waals surface area contributed by atoms with Gasteiger partial charge in [-0.1, -0.05) is 6.07 Å². The number of aromatic hydroxyl groups is 1. The zero-order chi connectivity index (χ0) is 18.8. The number of nitrogens with zero attached hydrogens (tertiary/aromatic N) is 1. The van der Waals surface area contributed by atoms with Crippen LogP contribution >= 0.6 is 0 Å². The van der Waals surface area contributed by atoms with Crippen molar-refractivity contribution in [2.75, 3.05) is 11.9 Å². The van der Waals surface area contributed by atoms with Crippen LogP contribution in [-0.4, -0.2) is 22.2 Å². The van der Waals surface area contributed by atoms with Gasteiger partial charge in [-0.3, -0.25) is 4.79 Å². The van der Waals surface area contributed by atoms with E-state index in [-0.39, 0.29) is 11.7 Å². The van der Waals surface area contributed by atoms with Crippen LogP contribution < -0.4 is 10.1 Å².